The number of para-hydroxylation sites is 3. The molecular formula is C48H30N2OS. The Hall–Kier alpha value is -6.36. The van der Waals surface area contributed by atoms with E-state index in [1.165, 1.54) is 86.2 Å². The van der Waals surface area contributed by atoms with Crippen LogP contribution in [0.4, 0.5) is 0 Å². The van der Waals surface area contributed by atoms with Crippen LogP contribution in [0, 0.1) is 0 Å². The molecule has 1 aliphatic heterocycles. The van der Waals surface area contributed by atoms with Gasteiger partial charge in [0.1, 0.15) is 11.9 Å². The minimum absolute atomic E-state index is 0.0615. The number of rotatable bonds is 3. The molecule has 10 aromatic rings. The average Bonchev–Trinajstić information content (AvgIpc) is 3.95. The highest BCUT2D eigenvalue weighted by atomic mass is 32.1. The second kappa shape index (κ2) is 10.6. The van der Waals surface area contributed by atoms with Gasteiger partial charge >= 0.3 is 0 Å². The van der Waals surface area contributed by atoms with Crippen LogP contribution in [0.1, 0.15) is 11.5 Å². The van der Waals surface area contributed by atoms with E-state index in [1.54, 1.807) is 0 Å². The molecule has 0 fully saturated rings. The maximum atomic E-state index is 6.34. The fourth-order valence-corrected chi connectivity index (χ4v) is 10.0. The SMILES string of the molecule is C1=CC2Oc3ccc(-n4c5ccccc5c5ccc(-c6cccc7c8ccccc8n(-c8ccc9sc%10ccccc%10c9c8)c67)cc54)cc3C2C=C1. The third-order valence-electron chi connectivity index (χ3n) is 11.3. The molecule has 2 aliphatic rings. The van der Waals surface area contributed by atoms with Gasteiger partial charge in [-0.2, -0.15) is 0 Å². The van der Waals surface area contributed by atoms with Crippen LogP contribution in [0.5, 0.6) is 5.75 Å². The summed E-state index contributed by atoms with van der Waals surface area (Å²) in [4.78, 5) is 0. The normalized spacial score (nSPS) is 16.5. The van der Waals surface area contributed by atoms with Crippen molar-refractivity contribution in [3.05, 3.63) is 175 Å². The van der Waals surface area contributed by atoms with E-state index in [-0.39, 0.29) is 12.0 Å². The predicted octanol–water partition coefficient (Wildman–Crippen LogP) is 12.9. The molecule has 3 aromatic heterocycles. The van der Waals surface area contributed by atoms with E-state index in [2.05, 4.69) is 179 Å². The monoisotopic (exact) mass is 682 g/mol. The second-order valence-corrected chi connectivity index (χ2v) is 15.1. The molecule has 244 valence electrons. The standard InChI is InChI=1S/C48H30N2OS/c1-5-16-41-33(10-1)35-23-20-29(26-43(35)49(41)30-21-24-45-39(27-30)36-12-3-7-18-44(36)51-45)32-14-9-15-38-34-11-2-6-17-42(34)50(48(32)38)31-22-25-47-40(28-31)37-13-4-8-19-46(37)52-47/h1-28,36,44H. The van der Waals surface area contributed by atoms with E-state index in [0.717, 1.165) is 11.4 Å². The summed E-state index contributed by atoms with van der Waals surface area (Å²) in [6, 6.07) is 53.9. The van der Waals surface area contributed by atoms with Crippen LogP contribution in [-0.2, 0) is 0 Å². The zero-order valence-electron chi connectivity index (χ0n) is 28.0. The lowest BCUT2D eigenvalue weighted by Crippen LogP contribution is -2.15. The molecule has 4 heteroatoms. The van der Waals surface area contributed by atoms with Crippen molar-refractivity contribution in [3.8, 4) is 28.3 Å². The van der Waals surface area contributed by atoms with Crippen molar-refractivity contribution in [2.24, 2.45) is 0 Å². The van der Waals surface area contributed by atoms with Crippen LogP contribution < -0.4 is 4.74 Å². The number of hydrogen-bond donors (Lipinski definition) is 0. The van der Waals surface area contributed by atoms with Crippen molar-refractivity contribution < 1.29 is 4.74 Å². The largest absolute Gasteiger partial charge is 0.485 e. The summed E-state index contributed by atoms with van der Waals surface area (Å²) >= 11 is 1.86. The van der Waals surface area contributed by atoms with Gasteiger partial charge in [0.25, 0.3) is 0 Å². The topological polar surface area (TPSA) is 19.1 Å². The Morgan fingerprint density at radius 1 is 0.481 bits per heavy atom. The highest BCUT2D eigenvalue weighted by Gasteiger charge is 2.32. The van der Waals surface area contributed by atoms with E-state index >= 15 is 0 Å². The predicted molar refractivity (Wildman–Crippen MR) is 219 cm³/mol. The molecule has 0 amide bonds. The Balaban J connectivity index is 1.11. The fraction of sp³-hybridized carbons (Fsp3) is 0.0417. The van der Waals surface area contributed by atoms with Gasteiger partial charge in [-0.15, -0.1) is 11.3 Å². The summed E-state index contributed by atoms with van der Waals surface area (Å²) in [6.45, 7) is 0. The number of ether oxygens (including phenoxy) is 1. The van der Waals surface area contributed by atoms with Gasteiger partial charge in [-0.3, -0.25) is 0 Å². The number of nitrogens with zero attached hydrogens (tertiary/aromatic N) is 2. The number of thiophene rings is 1. The summed E-state index contributed by atoms with van der Waals surface area (Å²) in [5, 5.41) is 7.63. The van der Waals surface area contributed by atoms with Crippen molar-refractivity contribution in [1.82, 2.24) is 9.13 Å². The van der Waals surface area contributed by atoms with Gasteiger partial charge in [0.2, 0.25) is 0 Å². The second-order valence-electron chi connectivity index (χ2n) is 14.0. The zero-order chi connectivity index (χ0) is 33.9. The highest BCUT2D eigenvalue weighted by molar-refractivity contribution is 7.25. The molecule has 0 radical (unpaired) electrons. The third kappa shape index (κ3) is 3.90. The Morgan fingerprint density at radius 3 is 2.08 bits per heavy atom. The van der Waals surface area contributed by atoms with Crippen molar-refractivity contribution in [1.29, 1.82) is 0 Å². The Bertz CT molecular complexity index is 3190. The Kier molecular flexibility index (Phi) is 5.77. The highest BCUT2D eigenvalue weighted by Crippen LogP contribution is 2.45. The average molecular weight is 683 g/mol. The van der Waals surface area contributed by atoms with Crippen LogP contribution >= 0.6 is 11.3 Å². The molecule has 7 aromatic carbocycles. The molecule has 0 saturated carbocycles. The molecular weight excluding hydrogens is 653 g/mol. The van der Waals surface area contributed by atoms with Gasteiger partial charge in [0.15, 0.2) is 0 Å². The lowest BCUT2D eigenvalue weighted by molar-refractivity contribution is 0.269. The van der Waals surface area contributed by atoms with Gasteiger partial charge in [0.05, 0.1) is 22.1 Å². The fourth-order valence-electron chi connectivity index (χ4n) is 8.96. The van der Waals surface area contributed by atoms with Crippen molar-refractivity contribution >= 4 is 75.1 Å². The van der Waals surface area contributed by atoms with Crippen LogP contribution in [-0.4, -0.2) is 15.2 Å². The number of fused-ring (bicyclic) bond motifs is 12. The van der Waals surface area contributed by atoms with Crippen LogP contribution in [0.25, 0.3) is 86.3 Å². The third-order valence-corrected chi connectivity index (χ3v) is 12.4. The minimum atomic E-state index is 0.0615. The van der Waals surface area contributed by atoms with Crippen molar-refractivity contribution in [2.75, 3.05) is 0 Å². The number of allylic oxidation sites excluding steroid dienone is 2. The molecule has 52 heavy (non-hydrogen) atoms. The molecule has 2 unspecified atom stereocenters. The first-order chi connectivity index (χ1) is 25.8. The van der Waals surface area contributed by atoms with E-state index < -0.39 is 0 Å². The molecule has 0 N–H and O–H groups in total. The number of benzene rings is 7. The van der Waals surface area contributed by atoms with Gasteiger partial charge in [-0.25, -0.2) is 0 Å². The zero-order valence-corrected chi connectivity index (χ0v) is 28.8. The van der Waals surface area contributed by atoms with Crippen LogP contribution in [0.3, 0.4) is 0 Å². The van der Waals surface area contributed by atoms with E-state index in [1.807, 2.05) is 11.3 Å². The smallest absolute Gasteiger partial charge is 0.128 e. The summed E-state index contributed by atoms with van der Waals surface area (Å²) < 4.78 is 13.9. The van der Waals surface area contributed by atoms with Crippen LogP contribution in [0.2, 0.25) is 0 Å². The molecule has 4 heterocycles. The molecule has 1 aliphatic carbocycles. The van der Waals surface area contributed by atoms with Crippen molar-refractivity contribution in [2.45, 2.75) is 12.0 Å². The van der Waals surface area contributed by atoms with Gasteiger partial charge < -0.3 is 13.9 Å². The number of hydrogen-bond acceptors (Lipinski definition) is 2. The van der Waals surface area contributed by atoms with E-state index in [0.29, 0.717) is 0 Å². The molecule has 12 rings (SSSR count). The lowest BCUT2D eigenvalue weighted by atomic mass is 9.92. The Labute approximate surface area is 303 Å². The van der Waals surface area contributed by atoms with Gasteiger partial charge in [-0.1, -0.05) is 103 Å². The van der Waals surface area contributed by atoms with Crippen molar-refractivity contribution in [3.63, 3.8) is 0 Å². The summed E-state index contributed by atoms with van der Waals surface area (Å²) in [6.07, 6.45) is 8.72. The van der Waals surface area contributed by atoms with Gasteiger partial charge in [0, 0.05) is 70.1 Å². The first kappa shape index (κ1) is 28.3. The first-order valence-corrected chi connectivity index (χ1v) is 18.7. The first-order valence-electron chi connectivity index (χ1n) is 17.9. The van der Waals surface area contributed by atoms with E-state index in [4.69, 9.17) is 4.74 Å². The van der Waals surface area contributed by atoms with Crippen LogP contribution in [0.15, 0.2) is 170 Å². The molecule has 0 bridgehead atoms. The maximum Gasteiger partial charge on any atom is 0.128 e. The Morgan fingerprint density at radius 2 is 1.17 bits per heavy atom. The minimum Gasteiger partial charge on any atom is -0.485 e. The molecule has 0 saturated heterocycles. The maximum absolute atomic E-state index is 6.34. The van der Waals surface area contributed by atoms with Gasteiger partial charge in [-0.05, 0) is 72.3 Å². The quantitative estimate of drug-likeness (QED) is 0.181. The summed E-state index contributed by atoms with van der Waals surface area (Å²) in [7, 11) is 0. The molecule has 2 atom stereocenters. The number of aromatic nitrogens is 2. The van der Waals surface area contributed by atoms with E-state index in [9.17, 15) is 0 Å². The molecule has 0 spiro atoms. The lowest BCUT2D eigenvalue weighted by Gasteiger charge is -2.15. The summed E-state index contributed by atoms with van der Waals surface area (Å²) in [5.74, 6) is 1.21. The summed E-state index contributed by atoms with van der Waals surface area (Å²) in [5.41, 5.74) is 10.8. The molecule has 3 nitrogen and oxygen atoms in total.